The number of carbonyl (C=O) groups excluding carboxylic acids is 1. The molecule has 11 heteroatoms. The first kappa shape index (κ1) is 15.5. The van der Waals surface area contributed by atoms with E-state index >= 15 is 0 Å². The van der Waals surface area contributed by atoms with Gasteiger partial charge in [0.2, 0.25) is 12.3 Å². The number of halogens is 2. The number of hydrogen-bond donors (Lipinski definition) is 4. The van der Waals surface area contributed by atoms with E-state index in [0.717, 1.165) is 0 Å². The molecule has 1 heterocycles. The van der Waals surface area contributed by atoms with Gasteiger partial charge in [0.15, 0.2) is 0 Å². The maximum absolute atomic E-state index is 13.6. The van der Waals surface area contributed by atoms with Gasteiger partial charge in [-0.1, -0.05) is 5.11 Å². The lowest BCUT2D eigenvalue weighted by Gasteiger charge is -2.42. The highest BCUT2D eigenvalue weighted by Crippen LogP contribution is 2.31. The number of azide groups is 1. The van der Waals surface area contributed by atoms with Crippen LogP contribution in [0.15, 0.2) is 5.11 Å². The predicted octanol–water partition coefficient (Wildman–Crippen LogP) is -1.51. The number of amides is 1. The zero-order valence-corrected chi connectivity index (χ0v) is 9.48. The Bertz CT molecular complexity index is 393. The van der Waals surface area contributed by atoms with Crippen LogP contribution in [0.3, 0.4) is 0 Å². The Morgan fingerprint density at radius 1 is 1.58 bits per heavy atom. The minimum atomic E-state index is -3.16. The molecule has 0 aromatic heterocycles. The second kappa shape index (κ2) is 6.08. The van der Waals surface area contributed by atoms with Gasteiger partial charge in [-0.25, -0.2) is 8.78 Å². The van der Waals surface area contributed by atoms with Crippen LogP contribution in [0, 0.1) is 0 Å². The number of rotatable bonds is 4. The molecule has 0 unspecified atom stereocenters. The molecule has 0 bridgehead atoms. The van der Waals surface area contributed by atoms with Crippen molar-refractivity contribution in [3.05, 3.63) is 10.4 Å². The van der Waals surface area contributed by atoms with E-state index in [2.05, 4.69) is 14.8 Å². The summed E-state index contributed by atoms with van der Waals surface area (Å²) in [6.07, 6.45) is -6.80. The number of aliphatic hydroxyl groups is 3. The molecule has 0 radical (unpaired) electrons. The third-order valence-electron chi connectivity index (χ3n) is 2.54. The molecular formula is C8H12F2N4O5. The van der Waals surface area contributed by atoms with Gasteiger partial charge in [-0.3, -0.25) is 4.79 Å². The maximum atomic E-state index is 13.6. The molecule has 19 heavy (non-hydrogen) atoms. The lowest BCUT2D eigenvalue weighted by Crippen LogP contribution is -2.67. The van der Waals surface area contributed by atoms with E-state index in [1.807, 2.05) is 5.32 Å². The molecule has 108 valence electrons. The van der Waals surface area contributed by atoms with Crippen molar-refractivity contribution >= 4 is 5.91 Å². The topological polar surface area (TPSA) is 148 Å². The first-order chi connectivity index (χ1) is 8.85. The molecule has 1 aliphatic heterocycles. The summed E-state index contributed by atoms with van der Waals surface area (Å²) in [5.41, 5.74) is 7.98. The molecule has 0 aromatic carbocycles. The van der Waals surface area contributed by atoms with Crippen LogP contribution in [0.25, 0.3) is 10.4 Å². The first-order valence-electron chi connectivity index (χ1n) is 5.13. The lowest BCUT2D eigenvalue weighted by atomic mass is 9.96. The van der Waals surface area contributed by atoms with Crippen LogP contribution in [0.5, 0.6) is 0 Å². The van der Waals surface area contributed by atoms with Gasteiger partial charge in [0.1, 0.15) is 31.4 Å². The van der Waals surface area contributed by atoms with E-state index in [9.17, 15) is 23.8 Å². The fourth-order valence-corrected chi connectivity index (χ4v) is 1.55. The molecule has 1 amide bonds. The van der Waals surface area contributed by atoms with Crippen LogP contribution in [0.4, 0.5) is 8.78 Å². The fourth-order valence-electron chi connectivity index (χ4n) is 1.55. The summed E-state index contributed by atoms with van der Waals surface area (Å²) in [4.78, 5) is 13.5. The summed E-state index contributed by atoms with van der Waals surface area (Å²) in [5, 5.41) is 32.3. The van der Waals surface area contributed by atoms with Crippen LogP contribution < -0.4 is 5.32 Å². The highest BCUT2D eigenvalue weighted by atomic mass is 19.2. The standard InChI is InChI=1S/C8H12F2N4O5/c9-7-4(13-3(16)1-12-14-11)5(17)6(18)8(10,2-15)19-7/h4-7,15,17-18H,1-2H2,(H,13,16)/t4-,5-,6+,7-,8-/m1/s1. The second-order valence-corrected chi connectivity index (χ2v) is 3.83. The van der Waals surface area contributed by atoms with Crippen molar-refractivity contribution in [1.82, 2.24) is 5.32 Å². The van der Waals surface area contributed by atoms with Crippen molar-refractivity contribution in [3.63, 3.8) is 0 Å². The highest BCUT2D eigenvalue weighted by molar-refractivity contribution is 5.78. The largest absolute Gasteiger partial charge is 0.390 e. The molecule has 0 aromatic rings. The molecule has 1 fully saturated rings. The minimum Gasteiger partial charge on any atom is -0.390 e. The quantitative estimate of drug-likeness (QED) is 0.281. The Hall–Kier alpha value is -1.52. The summed E-state index contributed by atoms with van der Waals surface area (Å²) in [6.45, 7) is -2.03. The average Bonchev–Trinajstić information content (AvgIpc) is 2.39. The second-order valence-electron chi connectivity index (χ2n) is 3.83. The summed E-state index contributed by atoms with van der Waals surface area (Å²) >= 11 is 0. The normalized spacial score (nSPS) is 38.4. The van der Waals surface area contributed by atoms with E-state index < -0.39 is 49.5 Å². The van der Waals surface area contributed by atoms with Crippen molar-refractivity contribution in [3.8, 4) is 0 Å². The molecule has 5 atom stereocenters. The highest BCUT2D eigenvalue weighted by Gasteiger charge is 2.55. The summed E-state index contributed by atoms with van der Waals surface area (Å²) in [6, 6.07) is -1.76. The number of alkyl halides is 2. The predicted molar refractivity (Wildman–Crippen MR) is 54.9 cm³/mol. The van der Waals surface area contributed by atoms with Gasteiger partial charge in [-0.15, -0.1) is 0 Å². The van der Waals surface area contributed by atoms with Gasteiger partial charge >= 0.3 is 0 Å². The van der Waals surface area contributed by atoms with Crippen molar-refractivity contribution in [1.29, 1.82) is 0 Å². The Kier molecular flexibility index (Phi) is 4.97. The third-order valence-corrected chi connectivity index (χ3v) is 2.54. The molecule has 0 aliphatic carbocycles. The number of nitrogens with zero attached hydrogens (tertiary/aromatic N) is 3. The summed E-state index contributed by atoms with van der Waals surface area (Å²) in [5.74, 6) is -4.11. The molecule has 4 N–H and O–H groups in total. The van der Waals surface area contributed by atoms with E-state index in [1.165, 1.54) is 0 Å². The van der Waals surface area contributed by atoms with Crippen molar-refractivity contribution in [2.24, 2.45) is 5.11 Å². The van der Waals surface area contributed by atoms with Gasteiger partial charge in [0, 0.05) is 4.91 Å². The summed E-state index contributed by atoms with van der Waals surface area (Å²) in [7, 11) is 0. The Morgan fingerprint density at radius 3 is 2.74 bits per heavy atom. The zero-order valence-electron chi connectivity index (χ0n) is 9.48. The monoisotopic (exact) mass is 282 g/mol. The summed E-state index contributed by atoms with van der Waals surface area (Å²) < 4.78 is 31.2. The van der Waals surface area contributed by atoms with Crippen LogP contribution in [-0.4, -0.2) is 64.8 Å². The Labute approximate surface area is 105 Å². The number of ether oxygens (including phenoxy) is 1. The molecule has 1 aliphatic rings. The third kappa shape index (κ3) is 3.28. The van der Waals surface area contributed by atoms with Gasteiger partial charge in [-0.2, -0.15) is 0 Å². The Balaban J connectivity index is 2.75. The number of hydrogen-bond acceptors (Lipinski definition) is 6. The molecule has 9 nitrogen and oxygen atoms in total. The smallest absolute Gasteiger partial charge is 0.263 e. The van der Waals surface area contributed by atoms with Crippen LogP contribution in [0.1, 0.15) is 0 Å². The van der Waals surface area contributed by atoms with Crippen LogP contribution in [0.2, 0.25) is 0 Å². The van der Waals surface area contributed by atoms with Gasteiger partial charge in [0.25, 0.3) is 5.85 Å². The molecule has 1 saturated heterocycles. The van der Waals surface area contributed by atoms with Crippen molar-refractivity contribution < 1.29 is 33.6 Å². The maximum Gasteiger partial charge on any atom is 0.263 e. The van der Waals surface area contributed by atoms with Crippen LogP contribution in [-0.2, 0) is 9.53 Å². The van der Waals surface area contributed by atoms with Crippen molar-refractivity contribution in [2.45, 2.75) is 30.5 Å². The minimum absolute atomic E-state index is 0.663. The number of carbonyl (C=O) groups is 1. The number of nitrogens with one attached hydrogen (secondary N) is 1. The van der Waals surface area contributed by atoms with E-state index in [0.29, 0.717) is 0 Å². The molecule has 0 spiro atoms. The lowest BCUT2D eigenvalue weighted by molar-refractivity contribution is -0.329. The molecule has 1 rings (SSSR count). The SMILES string of the molecule is [N-]=[N+]=NCC(=O)N[C@@H]1[C@@H](O)[C@H](O)[C@@](F)(CO)O[C@H]1F. The molecular weight excluding hydrogens is 270 g/mol. The van der Waals surface area contributed by atoms with E-state index in [1.54, 1.807) is 0 Å². The Morgan fingerprint density at radius 2 is 2.21 bits per heavy atom. The first-order valence-corrected chi connectivity index (χ1v) is 5.13. The average molecular weight is 282 g/mol. The van der Waals surface area contributed by atoms with E-state index in [-0.39, 0.29) is 0 Å². The fraction of sp³-hybridized carbons (Fsp3) is 0.875. The van der Waals surface area contributed by atoms with E-state index in [4.69, 9.17) is 10.6 Å². The van der Waals surface area contributed by atoms with Crippen molar-refractivity contribution in [2.75, 3.05) is 13.2 Å². The van der Waals surface area contributed by atoms with Gasteiger partial charge in [0.05, 0.1) is 0 Å². The molecule has 0 saturated carbocycles. The number of aliphatic hydroxyl groups excluding tert-OH is 3. The van der Waals surface area contributed by atoms with Crippen LogP contribution >= 0.6 is 0 Å². The zero-order chi connectivity index (χ0) is 14.6. The van der Waals surface area contributed by atoms with Gasteiger partial charge < -0.3 is 25.4 Å². The van der Waals surface area contributed by atoms with Gasteiger partial charge in [-0.05, 0) is 5.53 Å².